The molecule has 1 saturated heterocycles. The van der Waals surface area contributed by atoms with Crippen LogP contribution in [0.2, 0.25) is 10.0 Å². The molecule has 0 radical (unpaired) electrons. The fraction of sp³-hybridized carbons (Fsp3) is 0.429. The summed E-state index contributed by atoms with van der Waals surface area (Å²) in [5, 5.41) is 12.6. The Morgan fingerprint density at radius 2 is 1.83 bits per heavy atom. The molecule has 4 aromatic rings. The zero-order valence-corrected chi connectivity index (χ0v) is 30.6. The largest absolute Gasteiger partial charge is 0.619 e. The Kier molecular flexibility index (Phi) is 12.0. The van der Waals surface area contributed by atoms with Gasteiger partial charge < -0.3 is 28.7 Å². The summed E-state index contributed by atoms with van der Waals surface area (Å²) >= 11 is 12.8. The first-order valence-electron chi connectivity index (χ1n) is 16.7. The van der Waals surface area contributed by atoms with Crippen molar-refractivity contribution in [1.82, 2.24) is 9.47 Å². The molecule has 0 amide bonds. The van der Waals surface area contributed by atoms with Crippen LogP contribution in [0, 0.1) is 11.1 Å². The first-order chi connectivity index (χ1) is 24.9. The molecule has 12 nitrogen and oxygen atoms in total. The van der Waals surface area contributed by atoms with Gasteiger partial charge in [-0.3, -0.25) is 14.0 Å². The summed E-state index contributed by atoms with van der Waals surface area (Å²) in [4.78, 5) is 15.8. The van der Waals surface area contributed by atoms with Crippen LogP contribution < -0.4 is 18.5 Å². The highest BCUT2D eigenvalue weighted by Gasteiger charge is 2.27. The minimum Gasteiger partial charge on any atom is -0.619 e. The molecule has 2 aliphatic rings. The number of ether oxygens (including phenoxy) is 4. The molecule has 0 N–H and O–H groups in total. The quantitative estimate of drug-likeness (QED) is 0.0812. The predicted octanol–water partition coefficient (Wildman–Crippen LogP) is 5.60. The number of pyridine rings is 1. The number of hydrogen-bond acceptors (Lipinski definition) is 9. The molecule has 2 aromatic heterocycles. The van der Waals surface area contributed by atoms with Crippen LogP contribution in [0.1, 0.15) is 30.1 Å². The summed E-state index contributed by atoms with van der Waals surface area (Å²) in [5.74, 6) is -0.476. The molecule has 52 heavy (non-hydrogen) atoms. The highest BCUT2D eigenvalue weighted by atomic mass is 35.5. The van der Waals surface area contributed by atoms with Crippen molar-refractivity contribution in [3.05, 3.63) is 87.4 Å². The Bertz CT molecular complexity index is 1980. The van der Waals surface area contributed by atoms with Crippen LogP contribution in [0.4, 0.5) is 14.5 Å². The predicted molar refractivity (Wildman–Crippen MR) is 191 cm³/mol. The highest BCUT2D eigenvalue weighted by molar-refractivity contribution is 7.92. The van der Waals surface area contributed by atoms with E-state index in [-0.39, 0.29) is 41.1 Å². The normalized spacial score (nSPS) is 15.9. The van der Waals surface area contributed by atoms with Gasteiger partial charge in [0.05, 0.1) is 37.3 Å². The second kappa shape index (κ2) is 16.4. The number of carbonyl (C=O) groups is 1. The smallest absolute Gasteiger partial charge is 0.387 e. The number of alkyl halides is 2. The molecule has 2 aromatic carbocycles. The van der Waals surface area contributed by atoms with Crippen molar-refractivity contribution in [2.24, 2.45) is 5.92 Å². The van der Waals surface area contributed by atoms with E-state index in [0.717, 1.165) is 31.5 Å². The number of esters is 1. The molecular formula is C35H38Cl2F2N4O8S. The number of fused-ring (bicyclic) bond motifs is 1. The lowest BCUT2D eigenvalue weighted by molar-refractivity contribution is -0.605. The number of anilines is 1. The summed E-state index contributed by atoms with van der Waals surface area (Å²) in [6.45, 7) is 0.322. The zero-order chi connectivity index (χ0) is 37.0. The van der Waals surface area contributed by atoms with E-state index in [4.69, 9.17) is 42.1 Å². The van der Waals surface area contributed by atoms with Crippen LogP contribution >= 0.6 is 23.2 Å². The van der Waals surface area contributed by atoms with Crippen molar-refractivity contribution in [1.29, 1.82) is 0 Å². The summed E-state index contributed by atoms with van der Waals surface area (Å²) < 4.78 is 77.9. The van der Waals surface area contributed by atoms with Gasteiger partial charge in [0, 0.05) is 49.7 Å². The van der Waals surface area contributed by atoms with Crippen LogP contribution in [-0.2, 0) is 37.3 Å². The Balaban J connectivity index is 1.27. The molecule has 1 saturated carbocycles. The van der Waals surface area contributed by atoms with Gasteiger partial charge in [0.15, 0.2) is 23.9 Å². The van der Waals surface area contributed by atoms with Crippen molar-refractivity contribution < 1.29 is 45.7 Å². The van der Waals surface area contributed by atoms with Crippen molar-refractivity contribution in [3.63, 3.8) is 0 Å². The minimum atomic E-state index is -3.66. The first kappa shape index (κ1) is 37.9. The Labute approximate surface area is 309 Å². The Morgan fingerprint density at radius 1 is 1.10 bits per heavy atom. The third-order valence-corrected chi connectivity index (χ3v) is 10.8. The van der Waals surface area contributed by atoms with Crippen molar-refractivity contribution in [3.8, 4) is 11.5 Å². The summed E-state index contributed by atoms with van der Waals surface area (Å²) in [7, 11) is -3.66. The Hall–Kier alpha value is -3.89. The number of rotatable bonds is 16. The fourth-order valence-corrected chi connectivity index (χ4v) is 7.61. The van der Waals surface area contributed by atoms with Gasteiger partial charge in [-0.2, -0.15) is 13.5 Å². The van der Waals surface area contributed by atoms with Gasteiger partial charge in [0.25, 0.3) is 0 Å². The third-order valence-electron chi connectivity index (χ3n) is 8.93. The number of hydrogen-bond donors (Lipinski definition) is 0. The second-order valence-electron chi connectivity index (χ2n) is 12.8. The molecule has 1 aliphatic carbocycles. The van der Waals surface area contributed by atoms with E-state index in [1.165, 1.54) is 22.5 Å². The molecule has 0 spiro atoms. The number of sulfonamides is 1. The SMILES string of the molecule is CS(=O)(=O)N(CCN1CCOCC1)c1cccc2c1ccn2CC(=O)OC(Cc1c(Cl)c[n+]([O-])cc1Cl)c1ccc(OC(F)F)c(OCC2CC2)c1. The van der Waals surface area contributed by atoms with E-state index in [0.29, 0.717) is 77.8 Å². The summed E-state index contributed by atoms with van der Waals surface area (Å²) in [6.07, 6.45) is 5.89. The van der Waals surface area contributed by atoms with Crippen LogP contribution in [-0.4, -0.2) is 82.7 Å². The lowest BCUT2D eigenvalue weighted by Gasteiger charge is -2.30. The third kappa shape index (κ3) is 9.55. The van der Waals surface area contributed by atoms with E-state index < -0.39 is 28.7 Å². The Morgan fingerprint density at radius 3 is 2.50 bits per heavy atom. The number of morpholine rings is 1. The van der Waals surface area contributed by atoms with Crippen LogP contribution in [0.25, 0.3) is 10.9 Å². The maximum atomic E-state index is 13.7. The standard InChI is InChI=1S/C35H38Cl2F2N4O8S/c1-52(46,47)43(12-11-40-13-15-48-16-14-40)30-4-2-3-29-25(30)9-10-41(29)21-34(44)50-32(18-26-27(36)19-42(45)20-28(26)37)24-7-8-31(51-35(38)39)33(17-24)49-22-23-5-6-23/h2-4,7-10,17,19-20,23,32,35H,5-6,11-16,18,21-22H2,1H3. The first-order valence-corrected chi connectivity index (χ1v) is 19.3. The molecule has 17 heteroatoms. The molecular weight excluding hydrogens is 745 g/mol. The average Bonchev–Trinajstić information content (AvgIpc) is 3.83. The van der Waals surface area contributed by atoms with Crippen LogP contribution in [0.3, 0.4) is 0 Å². The molecule has 1 aliphatic heterocycles. The molecule has 0 bridgehead atoms. The van der Waals surface area contributed by atoms with Crippen LogP contribution in [0.5, 0.6) is 11.5 Å². The number of carbonyl (C=O) groups excluding carboxylic acids is 1. The monoisotopic (exact) mass is 782 g/mol. The molecule has 1 atom stereocenters. The number of nitrogens with zero attached hydrogens (tertiary/aromatic N) is 4. The number of halogens is 4. The number of benzene rings is 2. The van der Waals surface area contributed by atoms with Gasteiger partial charge >= 0.3 is 12.6 Å². The number of aromatic nitrogens is 2. The van der Waals surface area contributed by atoms with E-state index in [9.17, 15) is 27.2 Å². The molecule has 280 valence electrons. The average molecular weight is 784 g/mol. The van der Waals surface area contributed by atoms with E-state index in [1.807, 2.05) is 0 Å². The fourth-order valence-electron chi connectivity index (χ4n) is 6.08. The van der Waals surface area contributed by atoms with Gasteiger partial charge in [-0.1, -0.05) is 35.3 Å². The van der Waals surface area contributed by atoms with Crippen molar-refractivity contribution in [2.75, 3.05) is 56.6 Å². The van der Waals surface area contributed by atoms with Crippen molar-refractivity contribution in [2.45, 2.75) is 38.5 Å². The molecule has 2 fully saturated rings. The van der Waals surface area contributed by atoms with Gasteiger partial charge in [0.2, 0.25) is 10.0 Å². The summed E-state index contributed by atoms with van der Waals surface area (Å²) in [5.41, 5.74) is 1.79. The minimum absolute atomic E-state index is 0.0411. The van der Waals surface area contributed by atoms with E-state index >= 15 is 0 Å². The maximum absolute atomic E-state index is 13.7. The van der Waals surface area contributed by atoms with Crippen molar-refractivity contribution >= 4 is 55.8 Å². The molecule has 6 rings (SSSR count). The molecule has 1 unspecified atom stereocenters. The van der Waals surface area contributed by atoms with E-state index in [1.54, 1.807) is 35.0 Å². The lowest BCUT2D eigenvalue weighted by atomic mass is 10.0. The van der Waals surface area contributed by atoms with Gasteiger partial charge in [-0.15, -0.1) is 0 Å². The zero-order valence-electron chi connectivity index (χ0n) is 28.3. The van der Waals surface area contributed by atoms with Gasteiger partial charge in [0.1, 0.15) is 22.7 Å². The lowest BCUT2D eigenvalue weighted by Crippen LogP contribution is -2.43. The topological polar surface area (TPSA) is 126 Å². The summed E-state index contributed by atoms with van der Waals surface area (Å²) in [6, 6.07) is 11.2. The highest BCUT2D eigenvalue weighted by Crippen LogP contribution is 2.38. The second-order valence-corrected chi connectivity index (χ2v) is 15.5. The van der Waals surface area contributed by atoms with E-state index in [2.05, 4.69) is 4.90 Å². The maximum Gasteiger partial charge on any atom is 0.387 e. The molecule has 3 heterocycles. The van der Waals surface area contributed by atoms with Gasteiger partial charge in [-0.25, -0.2) is 8.42 Å². The van der Waals surface area contributed by atoms with Gasteiger partial charge in [-0.05, 0) is 54.7 Å². The van der Waals surface area contributed by atoms with Crippen LogP contribution in [0.15, 0.2) is 61.1 Å².